The third kappa shape index (κ3) is 5.71. The van der Waals surface area contributed by atoms with E-state index in [0.29, 0.717) is 34.5 Å². The van der Waals surface area contributed by atoms with Gasteiger partial charge in [-0.2, -0.15) is 5.26 Å². The molecule has 32 heavy (non-hydrogen) atoms. The first kappa shape index (κ1) is 22.8. The molecule has 0 radical (unpaired) electrons. The third-order valence-corrected chi connectivity index (χ3v) is 7.65. The summed E-state index contributed by atoms with van der Waals surface area (Å²) in [6.07, 6.45) is 7.22. The molecule has 2 heterocycles. The number of carbonyl (C=O) groups excluding carboxylic acids is 1. The summed E-state index contributed by atoms with van der Waals surface area (Å²) in [6, 6.07) is 11.5. The number of nitrogens with one attached hydrogen (secondary N) is 1. The summed E-state index contributed by atoms with van der Waals surface area (Å²) < 4.78 is 2.32. The van der Waals surface area contributed by atoms with E-state index in [1.54, 1.807) is 41.3 Å². The molecule has 1 aromatic carbocycles. The van der Waals surface area contributed by atoms with Crippen molar-refractivity contribution in [1.29, 1.82) is 5.26 Å². The fourth-order valence-corrected chi connectivity index (χ4v) is 5.83. The Morgan fingerprint density at radius 1 is 1.28 bits per heavy atom. The molecular weight excluding hydrogens is 462 g/mol. The van der Waals surface area contributed by atoms with E-state index in [0.717, 1.165) is 30.2 Å². The van der Waals surface area contributed by atoms with Crippen molar-refractivity contribution in [2.45, 2.75) is 56.1 Å². The first-order valence-electron chi connectivity index (χ1n) is 10.7. The van der Waals surface area contributed by atoms with Crippen molar-refractivity contribution in [3.8, 4) is 6.07 Å². The van der Waals surface area contributed by atoms with E-state index >= 15 is 0 Å². The van der Waals surface area contributed by atoms with E-state index in [9.17, 15) is 4.79 Å². The number of carbonyl (C=O) groups is 1. The van der Waals surface area contributed by atoms with Crippen LogP contribution in [-0.4, -0.2) is 26.4 Å². The third-order valence-electron chi connectivity index (χ3n) is 5.52. The van der Waals surface area contributed by atoms with Gasteiger partial charge in [0.05, 0.1) is 10.6 Å². The second kappa shape index (κ2) is 11.0. The highest BCUT2D eigenvalue weighted by atomic mass is 35.5. The Morgan fingerprint density at radius 3 is 2.84 bits per heavy atom. The molecule has 4 rings (SSSR count). The monoisotopic (exact) mass is 485 g/mol. The van der Waals surface area contributed by atoms with Crippen LogP contribution in [0, 0.1) is 11.3 Å². The fraction of sp³-hybridized carbons (Fsp3) is 0.391. The van der Waals surface area contributed by atoms with Gasteiger partial charge in [-0.15, -0.1) is 21.5 Å². The van der Waals surface area contributed by atoms with Gasteiger partial charge in [0.25, 0.3) is 0 Å². The number of aromatic nitrogens is 3. The number of thioether (sulfide) groups is 1. The first-order chi connectivity index (χ1) is 15.6. The van der Waals surface area contributed by atoms with E-state index in [2.05, 4.69) is 37.6 Å². The van der Waals surface area contributed by atoms with Crippen molar-refractivity contribution >= 4 is 46.3 Å². The number of nitriles is 1. The number of amides is 1. The Kier molecular flexibility index (Phi) is 7.85. The normalized spacial score (nSPS) is 14.2. The largest absolute Gasteiger partial charge is 0.326 e. The van der Waals surface area contributed by atoms with Gasteiger partial charge in [0, 0.05) is 35.2 Å². The Hall–Kier alpha value is -2.34. The van der Waals surface area contributed by atoms with Crippen molar-refractivity contribution < 1.29 is 4.79 Å². The van der Waals surface area contributed by atoms with E-state index in [1.165, 1.54) is 24.1 Å². The molecule has 1 aliphatic rings. The molecule has 166 valence electrons. The molecule has 1 fully saturated rings. The Balaban J connectivity index is 1.39. The van der Waals surface area contributed by atoms with Crippen LogP contribution >= 0.6 is 34.7 Å². The molecule has 0 unspecified atom stereocenters. The summed E-state index contributed by atoms with van der Waals surface area (Å²) in [6.45, 7) is 0. The van der Waals surface area contributed by atoms with Gasteiger partial charge >= 0.3 is 0 Å². The first-order valence-corrected chi connectivity index (χ1v) is 13.0. The van der Waals surface area contributed by atoms with Gasteiger partial charge in [0.1, 0.15) is 11.9 Å². The van der Waals surface area contributed by atoms with Crippen LogP contribution in [0.5, 0.6) is 0 Å². The van der Waals surface area contributed by atoms with Crippen molar-refractivity contribution in [2.24, 2.45) is 0 Å². The van der Waals surface area contributed by atoms with Crippen molar-refractivity contribution in [3.05, 3.63) is 57.0 Å². The Morgan fingerprint density at radius 2 is 2.12 bits per heavy atom. The van der Waals surface area contributed by atoms with Crippen molar-refractivity contribution in [3.63, 3.8) is 0 Å². The maximum atomic E-state index is 12.4. The topological polar surface area (TPSA) is 83.6 Å². The number of anilines is 1. The highest BCUT2D eigenvalue weighted by molar-refractivity contribution is 7.99. The average molecular weight is 486 g/mol. The van der Waals surface area contributed by atoms with Crippen LogP contribution in [0.2, 0.25) is 5.02 Å². The molecule has 9 heteroatoms. The lowest BCUT2D eigenvalue weighted by Crippen LogP contribution is -2.17. The van der Waals surface area contributed by atoms with E-state index < -0.39 is 0 Å². The predicted molar refractivity (Wildman–Crippen MR) is 129 cm³/mol. The lowest BCUT2D eigenvalue weighted by molar-refractivity contribution is -0.115. The predicted octanol–water partition coefficient (Wildman–Crippen LogP) is 6.08. The summed E-state index contributed by atoms with van der Waals surface area (Å²) in [4.78, 5) is 13.7. The zero-order valence-electron chi connectivity index (χ0n) is 17.6. The van der Waals surface area contributed by atoms with E-state index in [1.807, 2.05) is 6.07 Å². The highest BCUT2D eigenvalue weighted by Gasteiger charge is 2.23. The molecule has 1 saturated carbocycles. The van der Waals surface area contributed by atoms with Crippen LogP contribution in [0.3, 0.4) is 0 Å². The molecule has 0 saturated heterocycles. The van der Waals surface area contributed by atoms with Gasteiger partial charge in [-0.1, -0.05) is 48.7 Å². The van der Waals surface area contributed by atoms with Crippen LogP contribution in [0.1, 0.15) is 60.8 Å². The van der Waals surface area contributed by atoms with Crippen LogP contribution in [0.25, 0.3) is 0 Å². The molecule has 0 bridgehead atoms. The second-order valence-electron chi connectivity index (χ2n) is 7.77. The van der Waals surface area contributed by atoms with Gasteiger partial charge in [-0.3, -0.25) is 4.79 Å². The Labute approximate surface area is 201 Å². The van der Waals surface area contributed by atoms with Crippen LogP contribution in [0.4, 0.5) is 5.69 Å². The van der Waals surface area contributed by atoms with Gasteiger partial charge in [-0.05, 0) is 42.5 Å². The summed E-state index contributed by atoms with van der Waals surface area (Å²) in [7, 11) is 0. The average Bonchev–Trinajstić information content (AvgIpc) is 3.45. The van der Waals surface area contributed by atoms with E-state index in [-0.39, 0.29) is 5.91 Å². The molecule has 1 amide bonds. The molecule has 0 spiro atoms. The minimum absolute atomic E-state index is 0.0965. The molecule has 2 aromatic heterocycles. The summed E-state index contributed by atoms with van der Waals surface area (Å²) in [5.74, 6) is 1.53. The fourth-order valence-electron chi connectivity index (χ4n) is 3.94. The van der Waals surface area contributed by atoms with Crippen molar-refractivity contribution in [1.82, 2.24) is 14.8 Å². The minimum Gasteiger partial charge on any atom is -0.326 e. The molecular formula is C23H24ClN5OS2. The maximum Gasteiger partial charge on any atom is 0.225 e. The van der Waals surface area contributed by atoms with Crippen LogP contribution in [-0.2, 0) is 11.2 Å². The zero-order chi connectivity index (χ0) is 22.3. The number of halogens is 1. The van der Waals surface area contributed by atoms with Crippen LogP contribution < -0.4 is 5.32 Å². The number of thiophene rings is 1. The number of nitrogens with zero attached hydrogens (tertiary/aromatic N) is 4. The Bertz CT molecular complexity index is 1100. The molecule has 3 aromatic rings. The summed E-state index contributed by atoms with van der Waals surface area (Å²) in [5.41, 5.74) is 0.980. The van der Waals surface area contributed by atoms with Gasteiger partial charge < -0.3 is 9.88 Å². The SMILES string of the molecule is N#Cc1ccc(NC(=O)CCSc2nnc(Cc3cccs3)n2C2CCCCC2)cc1Cl. The minimum atomic E-state index is -0.0965. The maximum absolute atomic E-state index is 12.4. The smallest absolute Gasteiger partial charge is 0.225 e. The van der Waals surface area contributed by atoms with Crippen LogP contribution in [0.15, 0.2) is 40.9 Å². The number of hydrogen-bond donors (Lipinski definition) is 1. The van der Waals surface area contributed by atoms with E-state index in [4.69, 9.17) is 16.9 Å². The quantitative estimate of drug-likeness (QED) is 0.391. The lowest BCUT2D eigenvalue weighted by atomic mass is 9.95. The molecule has 1 N–H and O–H groups in total. The van der Waals surface area contributed by atoms with Gasteiger partial charge in [0.2, 0.25) is 5.91 Å². The standard InChI is InChI=1S/C23H24ClN5OS2/c24-20-13-17(9-8-16(20)15-25)26-22(30)10-12-32-23-28-27-21(14-19-7-4-11-31-19)29(23)18-5-2-1-3-6-18/h4,7-9,11,13,18H,1-3,5-6,10,12,14H2,(H,26,30). The van der Waals surface area contributed by atoms with Gasteiger partial charge in [-0.25, -0.2) is 0 Å². The number of hydrogen-bond acceptors (Lipinski definition) is 6. The summed E-state index contributed by atoms with van der Waals surface area (Å²) >= 11 is 9.37. The number of benzene rings is 1. The second-order valence-corrected chi connectivity index (χ2v) is 10.3. The summed E-state index contributed by atoms with van der Waals surface area (Å²) in [5, 5.41) is 24.1. The number of rotatable bonds is 8. The molecule has 1 aliphatic carbocycles. The van der Waals surface area contributed by atoms with Gasteiger partial charge in [0.15, 0.2) is 5.16 Å². The molecule has 6 nitrogen and oxygen atoms in total. The van der Waals surface area contributed by atoms with Crippen molar-refractivity contribution in [2.75, 3.05) is 11.1 Å². The lowest BCUT2D eigenvalue weighted by Gasteiger charge is -2.25. The highest BCUT2D eigenvalue weighted by Crippen LogP contribution is 2.33. The molecule has 0 aliphatic heterocycles. The zero-order valence-corrected chi connectivity index (χ0v) is 20.0. The molecule has 0 atom stereocenters.